The lowest BCUT2D eigenvalue weighted by Crippen LogP contribution is -2.46. The van der Waals surface area contributed by atoms with E-state index in [2.05, 4.69) is 10.6 Å². The first-order valence-electron chi connectivity index (χ1n) is 8.53. The van der Waals surface area contributed by atoms with E-state index in [1.807, 2.05) is 12.1 Å². The van der Waals surface area contributed by atoms with Gasteiger partial charge in [0.25, 0.3) is 5.91 Å². The van der Waals surface area contributed by atoms with E-state index in [-0.39, 0.29) is 11.7 Å². The molecule has 27 heavy (non-hydrogen) atoms. The van der Waals surface area contributed by atoms with Crippen LogP contribution in [0.25, 0.3) is 0 Å². The highest BCUT2D eigenvalue weighted by Gasteiger charge is 2.22. The predicted molar refractivity (Wildman–Crippen MR) is 105 cm³/mol. The zero-order chi connectivity index (χ0) is 19.1. The zero-order valence-electron chi connectivity index (χ0n) is 14.9. The van der Waals surface area contributed by atoms with Gasteiger partial charge < -0.3 is 15.4 Å². The maximum Gasteiger partial charge on any atom is 0.253 e. The van der Waals surface area contributed by atoms with Crippen molar-refractivity contribution in [1.29, 1.82) is 0 Å². The SMILES string of the molecule is COc1ccc(N[C@H](NC(=O)c2ccccc2)C(=O)c2ccccc2)cc1. The second kappa shape index (κ2) is 8.67. The van der Waals surface area contributed by atoms with Crippen molar-refractivity contribution in [3.8, 4) is 5.75 Å². The standard InChI is InChI=1S/C22H20N2O3/c1-27-19-14-12-18(13-15-19)23-21(20(25)16-8-4-2-5-9-16)24-22(26)17-10-6-3-7-11-17/h2-15,21,23H,1H3,(H,24,26)/t21-/m1/s1. The van der Waals surface area contributed by atoms with Gasteiger partial charge in [-0.3, -0.25) is 9.59 Å². The fourth-order valence-electron chi connectivity index (χ4n) is 2.59. The molecule has 0 spiro atoms. The van der Waals surface area contributed by atoms with Gasteiger partial charge in [0.1, 0.15) is 5.75 Å². The molecule has 0 aliphatic rings. The molecule has 0 radical (unpaired) electrons. The van der Waals surface area contributed by atoms with Gasteiger partial charge in [-0.05, 0) is 36.4 Å². The van der Waals surface area contributed by atoms with Crippen LogP contribution in [0, 0.1) is 0 Å². The Labute approximate surface area is 158 Å². The molecule has 3 aromatic rings. The highest BCUT2D eigenvalue weighted by atomic mass is 16.5. The maximum atomic E-state index is 12.9. The summed E-state index contributed by atoms with van der Waals surface area (Å²) in [6.07, 6.45) is -0.909. The van der Waals surface area contributed by atoms with E-state index in [0.29, 0.717) is 22.6 Å². The third kappa shape index (κ3) is 4.73. The van der Waals surface area contributed by atoms with Crippen molar-refractivity contribution in [3.05, 3.63) is 96.1 Å². The minimum atomic E-state index is -0.909. The molecule has 0 saturated carbocycles. The van der Waals surface area contributed by atoms with E-state index in [9.17, 15) is 9.59 Å². The van der Waals surface area contributed by atoms with Gasteiger partial charge in [-0.25, -0.2) is 0 Å². The number of amides is 1. The molecule has 0 fully saturated rings. The van der Waals surface area contributed by atoms with E-state index in [1.54, 1.807) is 79.9 Å². The summed E-state index contributed by atoms with van der Waals surface area (Å²) in [5.74, 6) is 0.154. The lowest BCUT2D eigenvalue weighted by Gasteiger charge is -2.20. The number of carbonyl (C=O) groups excluding carboxylic acids is 2. The van der Waals surface area contributed by atoms with Crippen LogP contribution in [0.1, 0.15) is 20.7 Å². The molecule has 5 nitrogen and oxygen atoms in total. The van der Waals surface area contributed by atoms with Crippen LogP contribution in [-0.4, -0.2) is 25.0 Å². The zero-order valence-corrected chi connectivity index (χ0v) is 14.9. The molecule has 0 bridgehead atoms. The van der Waals surface area contributed by atoms with Crippen LogP contribution < -0.4 is 15.4 Å². The molecule has 3 aromatic carbocycles. The maximum absolute atomic E-state index is 12.9. The Morgan fingerprint density at radius 2 is 1.33 bits per heavy atom. The highest BCUT2D eigenvalue weighted by molar-refractivity contribution is 6.05. The van der Waals surface area contributed by atoms with Crippen LogP contribution in [0.2, 0.25) is 0 Å². The number of carbonyl (C=O) groups is 2. The summed E-state index contributed by atoms with van der Waals surface area (Å²) in [4.78, 5) is 25.5. The summed E-state index contributed by atoms with van der Waals surface area (Å²) in [7, 11) is 1.59. The van der Waals surface area contributed by atoms with Crippen LogP contribution in [0.3, 0.4) is 0 Å². The molecule has 0 heterocycles. The molecule has 2 N–H and O–H groups in total. The van der Waals surface area contributed by atoms with E-state index in [1.165, 1.54) is 0 Å². The molecule has 0 saturated heterocycles. The number of rotatable bonds is 7. The van der Waals surface area contributed by atoms with E-state index in [0.717, 1.165) is 0 Å². The van der Waals surface area contributed by atoms with Crippen molar-refractivity contribution in [3.63, 3.8) is 0 Å². The van der Waals surface area contributed by atoms with Crippen molar-refractivity contribution in [2.24, 2.45) is 0 Å². The number of ether oxygens (including phenoxy) is 1. The third-order valence-electron chi connectivity index (χ3n) is 4.03. The van der Waals surface area contributed by atoms with Gasteiger partial charge in [-0.1, -0.05) is 48.5 Å². The minimum Gasteiger partial charge on any atom is -0.497 e. The lowest BCUT2D eigenvalue weighted by molar-refractivity contribution is 0.0869. The molecule has 1 atom stereocenters. The molecule has 3 rings (SSSR count). The molecule has 0 aliphatic heterocycles. The van der Waals surface area contributed by atoms with Crippen molar-refractivity contribution < 1.29 is 14.3 Å². The number of nitrogens with one attached hydrogen (secondary N) is 2. The molecule has 0 aliphatic carbocycles. The molecule has 0 unspecified atom stereocenters. The van der Waals surface area contributed by atoms with Crippen molar-refractivity contribution in [2.45, 2.75) is 6.17 Å². The van der Waals surface area contributed by atoms with Gasteiger partial charge in [0.15, 0.2) is 6.17 Å². The Morgan fingerprint density at radius 3 is 1.89 bits per heavy atom. The first-order valence-corrected chi connectivity index (χ1v) is 8.53. The number of anilines is 1. The first-order chi connectivity index (χ1) is 13.2. The van der Waals surface area contributed by atoms with Crippen LogP contribution in [0.4, 0.5) is 5.69 Å². The van der Waals surface area contributed by atoms with Crippen LogP contribution >= 0.6 is 0 Å². The molecular formula is C22H20N2O3. The quantitative estimate of drug-likeness (QED) is 0.497. The smallest absolute Gasteiger partial charge is 0.253 e. The number of benzene rings is 3. The average molecular weight is 360 g/mol. The number of methoxy groups -OCH3 is 1. The lowest BCUT2D eigenvalue weighted by atomic mass is 10.1. The number of ketones is 1. The van der Waals surface area contributed by atoms with Crippen LogP contribution in [0.5, 0.6) is 5.75 Å². The summed E-state index contributed by atoms with van der Waals surface area (Å²) in [6, 6.07) is 24.8. The van der Waals surface area contributed by atoms with Crippen molar-refractivity contribution >= 4 is 17.4 Å². The minimum absolute atomic E-state index is 0.226. The average Bonchev–Trinajstić information content (AvgIpc) is 2.74. The monoisotopic (exact) mass is 360 g/mol. The van der Waals surface area contributed by atoms with Gasteiger partial charge in [0.05, 0.1) is 7.11 Å². The second-order valence-corrected chi connectivity index (χ2v) is 5.88. The van der Waals surface area contributed by atoms with Gasteiger partial charge in [-0.2, -0.15) is 0 Å². The number of hydrogen-bond donors (Lipinski definition) is 2. The Bertz CT molecular complexity index is 894. The first kappa shape index (κ1) is 18.2. The summed E-state index contributed by atoms with van der Waals surface area (Å²) in [6.45, 7) is 0. The topological polar surface area (TPSA) is 67.4 Å². The fourth-order valence-corrected chi connectivity index (χ4v) is 2.59. The van der Waals surface area contributed by atoms with Gasteiger partial charge >= 0.3 is 0 Å². The Kier molecular flexibility index (Phi) is 5.84. The molecular weight excluding hydrogens is 340 g/mol. The predicted octanol–water partition coefficient (Wildman–Crippen LogP) is 3.75. The summed E-state index contributed by atoms with van der Waals surface area (Å²) < 4.78 is 5.15. The van der Waals surface area contributed by atoms with Crippen molar-refractivity contribution in [2.75, 3.05) is 12.4 Å². The van der Waals surface area contributed by atoms with Crippen LogP contribution in [-0.2, 0) is 0 Å². The van der Waals surface area contributed by atoms with Crippen LogP contribution in [0.15, 0.2) is 84.9 Å². The number of hydrogen-bond acceptors (Lipinski definition) is 4. The summed E-state index contributed by atoms with van der Waals surface area (Å²) in [5.41, 5.74) is 1.69. The highest BCUT2D eigenvalue weighted by Crippen LogP contribution is 2.17. The molecule has 1 amide bonds. The molecule has 136 valence electrons. The number of Topliss-reactive ketones (excluding diaryl/α,β-unsaturated/α-hetero) is 1. The normalized spacial score (nSPS) is 11.3. The van der Waals surface area contributed by atoms with E-state index < -0.39 is 6.17 Å². The summed E-state index contributed by atoms with van der Waals surface area (Å²) >= 11 is 0. The third-order valence-corrected chi connectivity index (χ3v) is 4.03. The molecule has 5 heteroatoms. The van der Waals surface area contributed by atoms with E-state index >= 15 is 0 Å². The van der Waals surface area contributed by atoms with E-state index in [4.69, 9.17) is 4.74 Å². The Hall–Kier alpha value is -3.60. The second-order valence-electron chi connectivity index (χ2n) is 5.88. The fraction of sp³-hybridized carbons (Fsp3) is 0.0909. The van der Waals surface area contributed by atoms with Gasteiger partial charge in [0, 0.05) is 16.8 Å². The van der Waals surface area contributed by atoms with Gasteiger partial charge in [0.2, 0.25) is 5.78 Å². The largest absolute Gasteiger partial charge is 0.497 e. The summed E-state index contributed by atoms with van der Waals surface area (Å²) in [5, 5.41) is 5.87. The Morgan fingerprint density at radius 1 is 0.778 bits per heavy atom. The van der Waals surface area contributed by atoms with Gasteiger partial charge in [-0.15, -0.1) is 0 Å². The molecule has 0 aromatic heterocycles. The van der Waals surface area contributed by atoms with Crippen molar-refractivity contribution in [1.82, 2.24) is 5.32 Å². The Balaban J connectivity index is 1.83.